The number of hydrogen-bond donors (Lipinski definition) is 2. The van der Waals surface area contributed by atoms with Gasteiger partial charge in [-0.15, -0.1) is 0 Å². The first kappa shape index (κ1) is 19.2. The van der Waals surface area contributed by atoms with E-state index in [0.29, 0.717) is 0 Å². The van der Waals surface area contributed by atoms with Crippen LogP contribution >= 0.6 is 0 Å². The van der Waals surface area contributed by atoms with Crippen LogP contribution in [0.3, 0.4) is 0 Å². The number of carbonyl (C=O) groups is 2. The summed E-state index contributed by atoms with van der Waals surface area (Å²) in [6.07, 6.45) is -4.57. The van der Waals surface area contributed by atoms with Crippen LogP contribution in [0.5, 0.6) is 0 Å². The van der Waals surface area contributed by atoms with E-state index < -0.39 is 40.8 Å². The molecule has 0 saturated carbocycles. The molecular weight excluding hydrogens is 355 g/mol. The number of rotatable bonds is 4. The molecule has 2 N–H and O–H groups in total. The third-order valence-electron chi connectivity index (χ3n) is 3.46. The fourth-order valence-corrected chi connectivity index (χ4v) is 2.11. The van der Waals surface area contributed by atoms with E-state index in [1.807, 2.05) is 0 Å². The highest BCUT2D eigenvalue weighted by Gasteiger charge is 2.30. The highest BCUT2D eigenvalue weighted by molar-refractivity contribution is 5.94. The minimum absolute atomic E-state index is 0.00217. The van der Waals surface area contributed by atoms with Crippen LogP contribution in [0.25, 0.3) is 5.69 Å². The first-order valence-corrected chi connectivity index (χ1v) is 7.33. The standard InChI is InChI=1S/C16H14F3N3O4/c1-8-6-12(23)13(14(24)20-9(2)15(25)26)21-22(8)11-5-3-4-10(7-11)16(17,18)19/h3-7,9H,1-2H3,(H,20,24)(H,25,26)/t9-/m0/s1. The summed E-state index contributed by atoms with van der Waals surface area (Å²) in [7, 11) is 0. The quantitative estimate of drug-likeness (QED) is 0.855. The second-order valence-electron chi connectivity index (χ2n) is 5.49. The first-order valence-electron chi connectivity index (χ1n) is 7.33. The van der Waals surface area contributed by atoms with Crippen LogP contribution in [-0.2, 0) is 11.0 Å². The lowest BCUT2D eigenvalue weighted by Crippen LogP contribution is -2.41. The number of hydrogen-bond acceptors (Lipinski definition) is 4. The monoisotopic (exact) mass is 369 g/mol. The van der Waals surface area contributed by atoms with Gasteiger partial charge in [0.1, 0.15) is 6.04 Å². The van der Waals surface area contributed by atoms with Crippen LogP contribution in [0, 0.1) is 6.92 Å². The number of alkyl halides is 3. The normalized spacial score (nSPS) is 12.5. The van der Waals surface area contributed by atoms with Gasteiger partial charge in [0.15, 0.2) is 5.69 Å². The number of aromatic nitrogens is 2. The first-order chi connectivity index (χ1) is 12.0. The molecule has 1 heterocycles. The van der Waals surface area contributed by atoms with Crippen LogP contribution in [0.2, 0.25) is 0 Å². The van der Waals surface area contributed by atoms with Gasteiger partial charge in [-0.3, -0.25) is 14.4 Å². The van der Waals surface area contributed by atoms with E-state index in [1.54, 1.807) is 0 Å². The number of aliphatic carboxylic acids is 1. The molecule has 1 atom stereocenters. The molecule has 0 bridgehead atoms. The predicted octanol–water partition coefficient (Wildman–Crippen LogP) is 1.76. The molecule has 26 heavy (non-hydrogen) atoms. The zero-order valence-corrected chi connectivity index (χ0v) is 13.7. The summed E-state index contributed by atoms with van der Waals surface area (Å²) in [5, 5.41) is 14.7. The zero-order chi connectivity index (χ0) is 19.6. The number of halogens is 3. The molecule has 138 valence electrons. The van der Waals surface area contributed by atoms with E-state index in [1.165, 1.54) is 26.0 Å². The molecule has 0 aliphatic rings. The third kappa shape index (κ3) is 4.08. The Morgan fingerprint density at radius 1 is 1.27 bits per heavy atom. The van der Waals surface area contributed by atoms with Crippen LogP contribution in [0.4, 0.5) is 13.2 Å². The van der Waals surface area contributed by atoms with E-state index in [4.69, 9.17) is 5.11 Å². The van der Waals surface area contributed by atoms with Gasteiger partial charge in [-0.05, 0) is 32.0 Å². The summed E-state index contributed by atoms with van der Waals surface area (Å²) < 4.78 is 39.6. The molecule has 10 heteroatoms. The average molecular weight is 369 g/mol. The molecule has 2 rings (SSSR count). The number of carboxylic acid groups (broad SMARTS) is 1. The van der Waals surface area contributed by atoms with Gasteiger partial charge in [0.2, 0.25) is 5.43 Å². The Morgan fingerprint density at radius 2 is 1.92 bits per heavy atom. The maximum atomic E-state index is 12.9. The molecule has 1 aromatic heterocycles. The Kier molecular flexibility index (Phi) is 5.15. The lowest BCUT2D eigenvalue weighted by molar-refractivity contribution is -0.139. The van der Waals surface area contributed by atoms with Crippen molar-refractivity contribution in [2.45, 2.75) is 26.1 Å². The van der Waals surface area contributed by atoms with Crippen molar-refractivity contribution >= 4 is 11.9 Å². The van der Waals surface area contributed by atoms with E-state index >= 15 is 0 Å². The average Bonchev–Trinajstić information content (AvgIpc) is 2.54. The van der Waals surface area contributed by atoms with Crippen molar-refractivity contribution < 1.29 is 27.9 Å². The Hall–Kier alpha value is -3.17. The van der Waals surface area contributed by atoms with Gasteiger partial charge in [0.25, 0.3) is 5.91 Å². The second-order valence-corrected chi connectivity index (χ2v) is 5.49. The molecule has 0 fully saturated rings. The smallest absolute Gasteiger partial charge is 0.416 e. The van der Waals surface area contributed by atoms with Gasteiger partial charge >= 0.3 is 12.1 Å². The lowest BCUT2D eigenvalue weighted by atomic mass is 10.2. The van der Waals surface area contributed by atoms with Crippen molar-refractivity contribution in [2.24, 2.45) is 0 Å². The van der Waals surface area contributed by atoms with E-state index in [-0.39, 0.29) is 11.4 Å². The van der Waals surface area contributed by atoms with Crippen molar-refractivity contribution in [1.82, 2.24) is 15.1 Å². The zero-order valence-electron chi connectivity index (χ0n) is 13.7. The van der Waals surface area contributed by atoms with Gasteiger partial charge in [-0.2, -0.15) is 18.3 Å². The number of carboxylic acids is 1. The Balaban J connectivity index is 2.50. The van der Waals surface area contributed by atoms with Crippen molar-refractivity contribution in [3.8, 4) is 5.69 Å². The van der Waals surface area contributed by atoms with Gasteiger partial charge in [0, 0.05) is 11.8 Å². The number of benzene rings is 1. The number of aryl methyl sites for hydroxylation is 1. The molecule has 0 aliphatic carbocycles. The van der Waals surface area contributed by atoms with Crippen molar-refractivity contribution in [3.63, 3.8) is 0 Å². The number of nitrogens with one attached hydrogen (secondary N) is 1. The summed E-state index contributed by atoms with van der Waals surface area (Å²) in [5.74, 6) is -2.35. The predicted molar refractivity (Wildman–Crippen MR) is 84.1 cm³/mol. The summed E-state index contributed by atoms with van der Waals surface area (Å²) in [6, 6.07) is 3.97. The minimum atomic E-state index is -4.57. The molecule has 1 aromatic carbocycles. The summed E-state index contributed by atoms with van der Waals surface area (Å²) in [5.41, 5.74) is -2.11. The van der Waals surface area contributed by atoms with Crippen molar-refractivity contribution in [1.29, 1.82) is 0 Å². The molecule has 2 aromatic rings. The van der Waals surface area contributed by atoms with E-state index in [0.717, 1.165) is 22.9 Å². The maximum Gasteiger partial charge on any atom is 0.416 e. The van der Waals surface area contributed by atoms with Gasteiger partial charge in [-0.1, -0.05) is 6.07 Å². The summed E-state index contributed by atoms with van der Waals surface area (Å²) in [4.78, 5) is 34.8. The van der Waals surface area contributed by atoms with Crippen molar-refractivity contribution in [2.75, 3.05) is 0 Å². The van der Waals surface area contributed by atoms with Crippen LogP contribution < -0.4 is 10.7 Å². The summed E-state index contributed by atoms with van der Waals surface area (Å²) in [6.45, 7) is 2.63. The third-order valence-corrected chi connectivity index (χ3v) is 3.46. The molecule has 1 amide bonds. The molecule has 7 nitrogen and oxygen atoms in total. The van der Waals surface area contributed by atoms with Gasteiger partial charge in [-0.25, -0.2) is 4.68 Å². The van der Waals surface area contributed by atoms with Gasteiger partial charge < -0.3 is 10.4 Å². The Bertz CT molecular complexity index is 922. The fraction of sp³-hybridized carbons (Fsp3) is 0.250. The Labute approximate surface area is 145 Å². The molecule has 0 spiro atoms. The topological polar surface area (TPSA) is 101 Å². The van der Waals surface area contributed by atoms with Crippen molar-refractivity contribution in [3.05, 3.63) is 57.5 Å². The second kappa shape index (κ2) is 6.98. The number of carbonyl (C=O) groups excluding carboxylic acids is 1. The van der Waals surface area contributed by atoms with Gasteiger partial charge in [0.05, 0.1) is 11.3 Å². The maximum absolute atomic E-state index is 12.9. The SMILES string of the molecule is Cc1cc(=O)c(C(=O)N[C@@H](C)C(=O)O)nn1-c1cccc(C(F)(F)F)c1. The molecule has 0 radical (unpaired) electrons. The van der Waals surface area contributed by atoms with Crippen LogP contribution in [-0.4, -0.2) is 32.8 Å². The van der Waals surface area contributed by atoms with E-state index in [2.05, 4.69) is 10.4 Å². The van der Waals surface area contributed by atoms with Crippen LogP contribution in [0.15, 0.2) is 35.1 Å². The minimum Gasteiger partial charge on any atom is -0.480 e. The molecular formula is C16H14F3N3O4. The molecule has 0 aliphatic heterocycles. The highest BCUT2D eigenvalue weighted by atomic mass is 19.4. The Morgan fingerprint density at radius 3 is 2.50 bits per heavy atom. The highest BCUT2D eigenvalue weighted by Crippen LogP contribution is 2.30. The molecule has 0 unspecified atom stereocenters. The fourth-order valence-electron chi connectivity index (χ4n) is 2.11. The number of amides is 1. The number of nitrogens with zero attached hydrogens (tertiary/aromatic N) is 2. The van der Waals surface area contributed by atoms with E-state index in [9.17, 15) is 27.6 Å². The molecule has 0 saturated heterocycles. The largest absolute Gasteiger partial charge is 0.480 e. The lowest BCUT2D eigenvalue weighted by Gasteiger charge is -2.14. The summed E-state index contributed by atoms with van der Waals surface area (Å²) >= 11 is 0. The van der Waals surface area contributed by atoms with Crippen LogP contribution in [0.1, 0.15) is 28.7 Å².